The smallest absolute Gasteiger partial charge is 0.303 e. The molecule has 0 spiro atoms. The Kier molecular flexibility index (Phi) is 2.34. The van der Waals surface area contributed by atoms with Crippen LogP contribution in [0, 0.1) is 16.7 Å². The lowest BCUT2D eigenvalue weighted by atomic mass is 9.66. The van der Waals surface area contributed by atoms with E-state index in [2.05, 4.69) is 13.8 Å². The Labute approximate surface area is 90.5 Å². The average Bonchev–Trinajstić information content (AvgIpc) is 2.50. The molecule has 0 aromatic heterocycles. The van der Waals surface area contributed by atoms with Crippen LogP contribution in [0.2, 0.25) is 0 Å². The number of carbonyl (C=O) groups is 1. The summed E-state index contributed by atoms with van der Waals surface area (Å²) in [5.41, 5.74) is -0.0159. The summed E-state index contributed by atoms with van der Waals surface area (Å²) < 4.78 is 0. The molecule has 2 aliphatic rings. The molecule has 86 valence electrons. The van der Waals surface area contributed by atoms with Gasteiger partial charge < -0.3 is 10.2 Å². The van der Waals surface area contributed by atoms with Gasteiger partial charge in [0.05, 0.1) is 6.10 Å². The van der Waals surface area contributed by atoms with Crippen LogP contribution in [0.4, 0.5) is 0 Å². The van der Waals surface area contributed by atoms with E-state index in [1.807, 2.05) is 0 Å². The van der Waals surface area contributed by atoms with Gasteiger partial charge in [0.25, 0.3) is 0 Å². The molecule has 4 atom stereocenters. The first kappa shape index (κ1) is 10.9. The van der Waals surface area contributed by atoms with E-state index in [1.54, 1.807) is 0 Å². The highest BCUT2D eigenvalue weighted by Crippen LogP contribution is 2.67. The zero-order chi connectivity index (χ0) is 11.3. The van der Waals surface area contributed by atoms with Crippen LogP contribution in [0.25, 0.3) is 0 Å². The first-order valence-electron chi connectivity index (χ1n) is 5.80. The minimum Gasteiger partial charge on any atom is -0.481 e. The predicted octanol–water partition coefficient (Wildman–Crippen LogP) is 2.04. The minimum absolute atomic E-state index is 0.0325. The van der Waals surface area contributed by atoms with Gasteiger partial charge in [0.15, 0.2) is 0 Å². The molecule has 3 nitrogen and oxygen atoms in total. The summed E-state index contributed by atoms with van der Waals surface area (Å²) in [5, 5.41) is 18.8. The van der Waals surface area contributed by atoms with Gasteiger partial charge in [0.2, 0.25) is 0 Å². The molecule has 0 aliphatic heterocycles. The normalized spacial score (nSPS) is 48.5. The van der Waals surface area contributed by atoms with Crippen molar-refractivity contribution in [1.82, 2.24) is 0 Å². The Bertz CT molecular complexity index is 289. The molecule has 0 saturated heterocycles. The molecule has 2 rings (SSSR count). The Balaban J connectivity index is 2.17. The van der Waals surface area contributed by atoms with E-state index in [-0.39, 0.29) is 23.4 Å². The van der Waals surface area contributed by atoms with E-state index in [4.69, 9.17) is 5.11 Å². The van der Waals surface area contributed by atoms with Gasteiger partial charge in [-0.3, -0.25) is 4.79 Å². The molecule has 0 aromatic rings. The van der Waals surface area contributed by atoms with Gasteiger partial charge in [-0.25, -0.2) is 0 Å². The fraction of sp³-hybridized carbons (Fsp3) is 0.917. The van der Waals surface area contributed by atoms with E-state index < -0.39 is 5.97 Å². The van der Waals surface area contributed by atoms with Crippen molar-refractivity contribution < 1.29 is 15.0 Å². The average molecular weight is 212 g/mol. The van der Waals surface area contributed by atoms with Gasteiger partial charge in [0, 0.05) is 6.42 Å². The summed E-state index contributed by atoms with van der Waals surface area (Å²) >= 11 is 0. The van der Waals surface area contributed by atoms with Crippen LogP contribution in [0.1, 0.15) is 46.0 Å². The van der Waals surface area contributed by atoms with Crippen LogP contribution < -0.4 is 0 Å². The van der Waals surface area contributed by atoms with E-state index in [0.717, 1.165) is 19.3 Å². The second-order valence-electron chi connectivity index (χ2n) is 5.72. The Morgan fingerprint density at radius 3 is 2.53 bits per heavy atom. The molecule has 15 heavy (non-hydrogen) atoms. The summed E-state index contributed by atoms with van der Waals surface area (Å²) in [5.74, 6) is -0.197. The van der Waals surface area contributed by atoms with Crippen molar-refractivity contribution in [2.45, 2.75) is 52.1 Å². The van der Waals surface area contributed by atoms with E-state index in [9.17, 15) is 9.90 Å². The predicted molar refractivity (Wildman–Crippen MR) is 56.4 cm³/mol. The second kappa shape index (κ2) is 3.21. The van der Waals surface area contributed by atoms with Gasteiger partial charge in [-0.1, -0.05) is 13.8 Å². The van der Waals surface area contributed by atoms with Crippen molar-refractivity contribution in [2.24, 2.45) is 16.7 Å². The maximum atomic E-state index is 10.7. The van der Waals surface area contributed by atoms with Crippen LogP contribution >= 0.6 is 0 Å². The molecule has 2 fully saturated rings. The summed E-state index contributed by atoms with van der Waals surface area (Å²) in [6.07, 6.45) is 3.79. The zero-order valence-electron chi connectivity index (χ0n) is 9.49. The number of hydrogen-bond donors (Lipinski definition) is 2. The summed E-state index contributed by atoms with van der Waals surface area (Å²) in [6, 6.07) is 0. The lowest BCUT2D eigenvalue weighted by Gasteiger charge is -2.39. The first-order valence-corrected chi connectivity index (χ1v) is 5.80. The molecular weight excluding hydrogens is 192 g/mol. The van der Waals surface area contributed by atoms with Crippen molar-refractivity contribution >= 4 is 5.97 Å². The molecule has 2 saturated carbocycles. The lowest BCUT2D eigenvalue weighted by molar-refractivity contribution is -0.138. The largest absolute Gasteiger partial charge is 0.481 e. The third-order valence-electron chi connectivity index (χ3n) is 5.32. The number of aliphatic carboxylic acids is 1. The monoisotopic (exact) mass is 212 g/mol. The maximum absolute atomic E-state index is 10.7. The van der Waals surface area contributed by atoms with Gasteiger partial charge in [-0.2, -0.15) is 0 Å². The number of carboxylic acids is 1. The molecule has 3 heteroatoms. The standard InChI is InChI=1S/C12H20O3/c1-11(6-4-10(14)15)8-3-5-12(11,2)9(13)7-8/h8-9,13H,3-7H2,1-2H3,(H,14,15). The van der Waals surface area contributed by atoms with Gasteiger partial charge in [-0.15, -0.1) is 0 Å². The molecule has 2 N–H and O–H groups in total. The fourth-order valence-electron chi connectivity index (χ4n) is 3.86. The lowest BCUT2D eigenvalue weighted by Crippen LogP contribution is -2.37. The quantitative estimate of drug-likeness (QED) is 0.752. The number of fused-ring (bicyclic) bond motifs is 2. The Morgan fingerprint density at radius 1 is 1.47 bits per heavy atom. The Morgan fingerprint density at radius 2 is 2.13 bits per heavy atom. The van der Waals surface area contributed by atoms with E-state index in [1.165, 1.54) is 0 Å². The molecule has 0 radical (unpaired) electrons. The van der Waals surface area contributed by atoms with Crippen LogP contribution in [0.3, 0.4) is 0 Å². The number of carboxylic acid groups (broad SMARTS) is 1. The van der Waals surface area contributed by atoms with Gasteiger partial charge in [-0.05, 0) is 42.4 Å². The Hall–Kier alpha value is -0.570. The van der Waals surface area contributed by atoms with Crippen LogP contribution in [0.5, 0.6) is 0 Å². The fourth-order valence-corrected chi connectivity index (χ4v) is 3.86. The van der Waals surface area contributed by atoms with E-state index >= 15 is 0 Å². The van der Waals surface area contributed by atoms with Crippen LogP contribution in [-0.2, 0) is 4.79 Å². The molecule has 0 amide bonds. The second-order valence-corrected chi connectivity index (χ2v) is 5.72. The topological polar surface area (TPSA) is 57.5 Å². The summed E-state index contributed by atoms with van der Waals surface area (Å²) in [6.45, 7) is 4.30. The maximum Gasteiger partial charge on any atom is 0.303 e. The minimum atomic E-state index is -0.722. The highest BCUT2D eigenvalue weighted by atomic mass is 16.4. The number of aliphatic hydroxyl groups excluding tert-OH is 1. The van der Waals surface area contributed by atoms with Crippen LogP contribution in [0.15, 0.2) is 0 Å². The van der Waals surface area contributed by atoms with Crippen molar-refractivity contribution in [3.05, 3.63) is 0 Å². The van der Waals surface area contributed by atoms with Crippen molar-refractivity contribution in [1.29, 1.82) is 0 Å². The first-order chi connectivity index (χ1) is 6.90. The number of rotatable bonds is 3. The van der Waals surface area contributed by atoms with E-state index in [0.29, 0.717) is 12.3 Å². The highest BCUT2D eigenvalue weighted by Gasteiger charge is 2.62. The van der Waals surface area contributed by atoms with Gasteiger partial charge >= 0.3 is 5.97 Å². The van der Waals surface area contributed by atoms with Crippen molar-refractivity contribution in [2.75, 3.05) is 0 Å². The van der Waals surface area contributed by atoms with Gasteiger partial charge in [0.1, 0.15) is 0 Å². The summed E-state index contributed by atoms with van der Waals surface area (Å²) in [4.78, 5) is 10.7. The number of aliphatic hydroxyl groups is 1. The van der Waals surface area contributed by atoms with Crippen LogP contribution in [-0.4, -0.2) is 22.3 Å². The summed E-state index contributed by atoms with van der Waals surface area (Å²) in [7, 11) is 0. The molecule has 0 aromatic carbocycles. The molecule has 4 unspecified atom stereocenters. The third-order valence-corrected chi connectivity index (χ3v) is 5.32. The SMILES string of the molecule is CC12CCC(CC1O)C2(C)CCC(=O)O. The highest BCUT2D eigenvalue weighted by molar-refractivity contribution is 5.66. The third kappa shape index (κ3) is 1.32. The molecule has 2 aliphatic carbocycles. The molecule has 0 heterocycles. The van der Waals surface area contributed by atoms with Crippen molar-refractivity contribution in [3.8, 4) is 0 Å². The molecular formula is C12H20O3. The zero-order valence-corrected chi connectivity index (χ0v) is 9.49. The molecule has 2 bridgehead atoms. The van der Waals surface area contributed by atoms with Crippen molar-refractivity contribution in [3.63, 3.8) is 0 Å². The number of hydrogen-bond acceptors (Lipinski definition) is 2.